The van der Waals surface area contributed by atoms with Gasteiger partial charge in [-0.1, -0.05) is 0 Å². The number of carbonyl (C=O) groups is 2. The minimum absolute atomic E-state index is 0.117. The zero-order valence-corrected chi connectivity index (χ0v) is 10.9. The number of nitrogens with zero attached hydrogens (tertiary/aromatic N) is 2. The highest BCUT2D eigenvalue weighted by molar-refractivity contribution is 8.00. The van der Waals surface area contributed by atoms with Crippen LogP contribution in [0.2, 0.25) is 0 Å². The van der Waals surface area contributed by atoms with E-state index in [0.29, 0.717) is 11.7 Å². The molecule has 100 valence electrons. The molecule has 8 heteroatoms. The number of anilines is 1. The van der Waals surface area contributed by atoms with E-state index in [1.165, 1.54) is 4.90 Å². The first-order valence-electron chi connectivity index (χ1n) is 5.73. The Balaban J connectivity index is 1.82. The number of carboxylic acid groups (broad SMARTS) is 1. The lowest BCUT2D eigenvalue weighted by molar-refractivity contribution is -0.147. The second-order valence-corrected chi connectivity index (χ2v) is 5.51. The highest BCUT2D eigenvalue weighted by Crippen LogP contribution is 2.40. The summed E-state index contributed by atoms with van der Waals surface area (Å²) in [6.45, 7) is 1.74. The average Bonchev–Trinajstić information content (AvgIpc) is 2.88. The largest absolute Gasteiger partial charge is 0.477 e. The summed E-state index contributed by atoms with van der Waals surface area (Å²) in [5.41, 5.74) is 0.838. The smallest absolute Gasteiger partial charge is 0.352 e. The number of aliphatic carboxylic acids is 1. The molecule has 2 aliphatic heterocycles. The van der Waals surface area contributed by atoms with Gasteiger partial charge in [-0.15, -0.1) is 11.8 Å². The number of hydrogen-bond donors (Lipinski definition) is 3. The number of amides is 1. The summed E-state index contributed by atoms with van der Waals surface area (Å²) >= 11 is 1.56. The van der Waals surface area contributed by atoms with Gasteiger partial charge in [-0.25, -0.2) is 9.78 Å². The van der Waals surface area contributed by atoms with Crippen molar-refractivity contribution < 1.29 is 14.7 Å². The van der Waals surface area contributed by atoms with Gasteiger partial charge in [0, 0.05) is 18.1 Å². The van der Waals surface area contributed by atoms with Gasteiger partial charge in [0.2, 0.25) is 5.95 Å². The Morgan fingerprint density at radius 2 is 2.47 bits per heavy atom. The SMILES string of the molecule is CC1=C(C(=O)O)N2C(=O)C(Nc3ncc[nH]3)[C@H]2SC1. The quantitative estimate of drug-likeness (QED) is 0.696. The molecular formula is C11H12N4O3S. The second-order valence-electron chi connectivity index (χ2n) is 4.40. The minimum Gasteiger partial charge on any atom is -0.477 e. The van der Waals surface area contributed by atoms with Crippen molar-refractivity contribution in [3.63, 3.8) is 0 Å². The van der Waals surface area contributed by atoms with Crippen LogP contribution in [0.4, 0.5) is 5.95 Å². The summed E-state index contributed by atoms with van der Waals surface area (Å²) < 4.78 is 0. The fourth-order valence-corrected chi connectivity index (χ4v) is 3.56. The van der Waals surface area contributed by atoms with Crippen LogP contribution >= 0.6 is 11.8 Å². The molecule has 0 saturated carbocycles. The van der Waals surface area contributed by atoms with Gasteiger partial charge in [-0.05, 0) is 12.5 Å². The topological polar surface area (TPSA) is 98.3 Å². The molecule has 0 spiro atoms. The fraction of sp³-hybridized carbons (Fsp3) is 0.364. The molecule has 0 aliphatic carbocycles. The summed E-state index contributed by atoms with van der Waals surface area (Å²) in [6.07, 6.45) is 3.24. The van der Waals surface area contributed by atoms with Gasteiger partial charge < -0.3 is 15.4 Å². The highest BCUT2D eigenvalue weighted by Gasteiger charge is 2.53. The van der Waals surface area contributed by atoms with Crippen molar-refractivity contribution in [2.45, 2.75) is 18.3 Å². The van der Waals surface area contributed by atoms with Crippen LogP contribution in [0.5, 0.6) is 0 Å². The number of aromatic amines is 1. The van der Waals surface area contributed by atoms with Crippen LogP contribution in [0.1, 0.15) is 6.92 Å². The first kappa shape index (κ1) is 12.1. The van der Waals surface area contributed by atoms with Crippen LogP contribution < -0.4 is 5.32 Å². The van der Waals surface area contributed by atoms with E-state index in [-0.39, 0.29) is 17.0 Å². The molecule has 3 rings (SSSR count). The third-order valence-electron chi connectivity index (χ3n) is 3.15. The van der Waals surface area contributed by atoms with Gasteiger partial charge in [-0.3, -0.25) is 9.69 Å². The lowest BCUT2D eigenvalue weighted by Gasteiger charge is -2.49. The molecule has 2 aliphatic rings. The Labute approximate surface area is 113 Å². The number of fused-ring (bicyclic) bond motifs is 1. The van der Waals surface area contributed by atoms with E-state index in [0.717, 1.165) is 5.57 Å². The molecule has 3 heterocycles. The van der Waals surface area contributed by atoms with Gasteiger partial charge in [0.15, 0.2) is 0 Å². The van der Waals surface area contributed by atoms with Crippen molar-refractivity contribution in [1.82, 2.24) is 14.9 Å². The fourth-order valence-electron chi connectivity index (χ4n) is 2.27. The zero-order chi connectivity index (χ0) is 13.6. The molecule has 1 amide bonds. The Bertz CT molecular complexity index is 569. The van der Waals surface area contributed by atoms with Crippen molar-refractivity contribution in [2.24, 2.45) is 0 Å². The van der Waals surface area contributed by atoms with Gasteiger partial charge in [0.25, 0.3) is 5.91 Å². The number of H-pyrrole nitrogens is 1. The maximum absolute atomic E-state index is 12.1. The van der Waals surface area contributed by atoms with E-state index < -0.39 is 12.0 Å². The molecule has 1 fully saturated rings. The molecule has 1 aromatic rings. The van der Waals surface area contributed by atoms with Crippen LogP contribution in [0.15, 0.2) is 23.7 Å². The Hall–Kier alpha value is -1.96. The van der Waals surface area contributed by atoms with Crippen molar-refractivity contribution in [3.8, 4) is 0 Å². The standard InChI is InChI=1S/C11H12N4O3S/c1-5-4-19-9-6(14-11-12-2-3-13-11)8(16)15(9)7(5)10(17)18/h2-3,6,9H,4H2,1H3,(H,17,18)(H2,12,13,14)/t6?,9-/m1/s1. The molecular weight excluding hydrogens is 268 g/mol. The number of nitrogens with one attached hydrogen (secondary N) is 2. The molecule has 1 unspecified atom stereocenters. The number of thioether (sulfide) groups is 1. The summed E-state index contributed by atoms with van der Waals surface area (Å²) in [6, 6.07) is -0.432. The van der Waals surface area contributed by atoms with Crippen LogP contribution in [0, 0.1) is 0 Å². The van der Waals surface area contributed by atoms with Crippen molar-refractivity contribution in [1.29, 1.82) is 0 Å². The molecule has 19 heavy (non-hydrogen) atoms. The van der Waals surface area contributed by atoms with E-state index in [1.807, 2.05) is 0 Å². The van der Waals surface area contributed by atoms with E-state index in [9.17, 15) is 14.7 Å². The lowest BCUT2D eigenvalue weighted by Crippen LogP contribution is -2.67. The zero-order valence-electron chi connectivity index (χ0n) is 10.1. The first-order chi connectivity index (χ1) is 9.09. The Morgan fingerprint density at radius 1 is 1.68 bits per heavy atom. The van der Waals surface area contributed by atoms with Crippen molar-refractivity contribution in [3.05, 3.63) is 23.7 Å². The number of imidazole rings is 1. The molecule has 0 radical (unpaired) electrons. The summed E-state index contributed by atoms with van der Waals surface area (Å²) in [4.78, 5) is 31.5. The van der Waals surface area contributed by atoms with E-state index in [2.05, 4.69) is 15.3 Å². The third kappa shape index (κ3) is 1.79. The molecule has 0 aromatic carbocycles. The van der Waals surface area contributed by atoms with Crippen molar-refractivity contribution >= 4 is 29.6 Å². The van der Waals surface area contributed by atoms with Gasteiger partial charge in [-0.2, -0.15) is 0 Å². The van der Waals surface area contributed by atoms with Gasteiger partial charge in [0.1, 0.15) is 17.1 Å². The maximum atomic E-state index is 12.1. The normalized spacial score (nSPS) is 25.9. The van der Waals surface area contributed by atoms with E-state index in [1.54, 1.807) is 31.1 Å². The number of β-lactam (4-membered cyclic amide) rings is 1. The Kier molecular flexibility index (Phi) is 2.74. The van der Waals surface area contributed by atoms with Crippen LogP contribution in [0.25, 0.3) is 0 Å². The first-order valence-corrected chi connectivity index (χ1v) is 6.78. The second kappa shape index (κ2) is 4.30. The minimum atomic E-state index is -1.05. The summed E-state index contributed by atoms with van der Waals surface area (Å²) in [5, 5.41) is 12.0. The molecule has 7 nitrogen and oxygen atoms in total. The molecule has 1 saturated heterocycles. The summed E-state index contributed by atoms with van der Waals surface area (Å²) in [7, 11) is 0. The number of hydrogen-bond acceptors (Lipinski definition) is 5. The lowest BCUT2D eigenvalue weighted by atomic mass is 10.0. The van der Waals surface area contributed by atoms with E-state index >= 15 is 0 Å². The number of rotatable bonds is 3. The number of aromatic nitrogens is 2. The number of carbonyl (C=O) groups excluding carboxylic acids is 1. The predicted molar refractivity (Wildman–Crippen MR) is 69.4 cm³/mol. The van der Waals surface area contributed by atoms with Gasteiger partial charge in [0.05, 0.1) is 0 Å². The maximum Gasteiger partial charge on any atom is 0.352 e. The van der Waals surface area contributed by atoms with E-state index in [4.69, 9.17) is 0 Å². The van der Waals surface area contributed by atoms with Gasteiger partial charge >= 0.3 is 5.97 Å². The van der Waals surface area contributed by atoms with Crippen molar-refractivity contribution in [2.75, 3.05) is 11.1 Å². The summed E-state index contributed by atoms with van der Waals surface area (Å²) in [5.74, 6) is -0.147. The Morgan fingerprint density at radius 3 is 3.11 bits per heavy atom. The third-order valence-corrected chi connectivity index (χ3v) is 4.58. The molecule has 3 N–H and O–H groups in total. The monoisotopic (exact) mass is 280 g/mol. The molecule has 0 bridgehead atoms. The average molecular weight is 280 g/mol. The van der Waals surface area contributed by atoms with Crippen LogP contribution in [-0.4, -0.2) is 49.0 Å². The highest BCUT2D eigenvalue weighted by atomic mass is 32.2. The molecule has 2 atom stereocenters. The van der Waals surface area contributed by atoms with Crippen LogP contribution in [0.3, 0.4) is 0 Å². The predicted octanol–water partition coefficient (Wildman–Crippen LogP) is 0.464. The molecule has 1 aromatic heterocycles. The van der Waals surface area contributed by atoms with Crippen LogP contribution in [-0.2, 0) is 9.59 Å². The number of carboxylic acids is 1.